The smallest absolute Gasteiger partial charge is 0.268 e. The number of nitriles is 1. The van der Waals surface area contributed by atoms with Crippen LogP contribution in [0.4, 0.5) is 0 Å². The van der Waals surface area contributed by atoms with E-state index in [-0.39, 0.29) is 11.5 Å². The summed E-state index contributed by atoms with van der Waals surface area (Å²) in [5.74, 6) is 1.89. The van der Waals surface area contributed by atoms with E-state index in [1.807, 2.05) is 17.5 Å². The lowest BCUT2D eigenvalue weighted by Gasteiger charge is -2.05. The molecule has 24 heavy (non-hydrogen) atoms. The zero-order valence-electron chi connectivity index (χ0n) is 13.0. The molecule has 2 aromatic heterocycles. The molecule has 0 aliphatic rings. The highest BCUT2D eigenvalue weighted by molar-refractivity contribution is 7.13. The van der Waals surface area contributed by atoms with Crippen molar-refractivity contribution in [3.8, 4) is 28.3 Å². The summed E-state index contributed by atoms with van der Waals surface area (Å²) in [5, 5.41) is 15.3. The molecule has 0 saturated heterocycles. The quantitative estimate of drug-likeness (QED) is 0.656. The molecule has 6 nitrogen and oxygen atoms in total. The molecule has 0 spiro atoms. The summed E-state index contributed by atoms with van der Waals surface area (Å²) in [4.78, 5) is 5.16. The molecule has 0 aliphatic heterocycles. The molecule has 0 N–H and O–H groups in total. The number of allylic oxidation sites excluding steroid dienone is 1. The summed E-state index contributed by atoms with van der Waals surface area (Å²) < 4.78 is 15.7. The number of aromatic nitrogens is 2. The topological polar surface area (TPSA) is 81.2 Å². The molecule has 0 aliphatic carbocycles. The first-order chi connectivity index (χ1) is 11.7. The molecule has 0 unspecified atom stereocenters. The Kier molecular flexibility index (Phi) is 4.59. The molecular formula is C17H13N3O3S. The van der Waals surface area contributed by atoms with Crippen LogP contribution in [0.5, 0.6) is 11.5 Å². The number of ether oxygens (including phenoxy) is 2. The van der Waals surface area contributed by atoms with Gasteiger partial charge in [0.15, 0.2) is 0 Å². The molecule has 3 rings (SSSR count). The minimum atomic E-state index is 0.169. The molecule has 0 bridgehead atoms. The zero-order chi connectivity index (χ0) is 16.9. The number of hydrogen-bond acceptors (Lipinski definition) is 7. The summed E-state index contributed by atoms with van der Waals surface area (Å²) in [6.07, 6.45) is 1.65. The summed E-state index contributed by atoms with van der Waals surface area (Å²) in [6, 6.07) is 11.2. The Balaban J connectivity index is 1.97. The zero-order valence-corrected chi connectivity index (χ0v) is 13.8. The largest absolute Gasteiger partial charge is 0.497 e. The maximum Gasteiger partial charge on any atom is 0.268 e. The average Bonchev–Trinajstić information content (AvgIpc) is 3.30. The molecule has 3 aromatic rings. The monoisotopic (exact) mass is 339 g/mol. The fraction of sp³-hybridized carbons (Fsp3) is 0.118. The molecule has 0 radical (unpaired) electrons. The highest BCUT2D eigenvalue weighted by Gasteiger charge is 2.14. The van der Waals surface area contributed by atoms with Crippen molar-refractivity contribution in [2.75, 3.05) is 14.2 Å². The van der Waals surface area contributed by atoms with Crippen LogP contribution in [0.1, 0.15) is 11.5 Å². The van der Waals surface area contributed by atoms with Crippen molar-refractivity contribution in [1.82, 2.24) is 10.1 Å². The van der Waals surface area contributed by atoms with Gasteiger partial charge in [0.1, 0.15) is 23.1 Å². The van der Waals surface area contributed by atoms with E-state index in [2.05, 4.69) is 16.2 Å². The minimum Gasteiger partial charge on any atom is -0.497 e. The van der Waals surface area contributed by atoms with E-state index in [1.165, 1.54) is 11.3 Å². The number of nitrogens with zero attached hydrogens (tertiary/aromatic N) is 3. The Morgan fingerprint density at radius 1 is 1.25 bits per heavy atom. The summed E-state index contributed by atoms with van der Waals surface area (Å²) >= 11 is 1.50. The molecule has 1 aromatic carbocycles. The van der Waals surface area contributed by atoms with Crippen molar-refractivity contribution in [1.29, 1.82) is 5.26 Å². The predicted octanol–water partition coefficient (Wildman–Crippen LogP) is 3.88. The van der Waals surface area contributed by atoms with Gasteiger partial charge in [-0.15, -0.1) is 11.3 Å². The lowest BCUT2D eigenvalue weighted by atomic mass is 10.1. The SMILES string of the molecule is COc1cc(/C=C(\C#N)c2nc(-c3cccs3)no2)cc(OC)c1. The summed E-state index contributed by atoms with van der Waals surface area (Å²) in [6.45, 7) is 0. The molecule has 7 heteroatoms. The average molecular weight is 339 g/mol. The molecule has 0 fully saturated rings. The van der Waals surface area contributed by atoms with Crippen molar-refractivity contribution in [2.24, 2.45) is 0 Å². The van der Waals surface area contributed by atoms with Gasteiger partial charge in [-0.1, -0.05) is 11.2 Å². The maximum atomic E-state index is 9.43. The van der Waals surface area contributed by atoms with Gasteiger partial charge in [0.25, 0.3) is 5.89 Å². The van der Waals surface area contributed by atoms with Crippen LogP contribution in [0.2, 0.25) is 0 Å². The fourth-order valence-corrected chi connectivity index (χ4v) is 2.71. The van der Waals surface area contributed by atoms with Crippen molar-refractivity contribution < 1.29 is 14.0 Å². The second-order valence-electron chi connectivity index (χ2n) is 4.72. The predicted molar refractivity (Wildman–Crippen MR) is 90.6 cm³/mol. The van der Waals surface area contributed by atoms with Crippen LogP contribution >= 0.6 is 11.3 Å². The Bertz CT molecular complexity index is 885. The van der Waals surface area contributed by atoms with E-state index in [1.54, 1.807) is 38.5 Å². The number of rotatable bonds is 5. The van der Waals surface area contributed by atoms with Gasteiger partial charge in [-0.25, -0.2) is 0 Å². The lowest BCUT2D eigenvalue weighted by molar-refractivity contribution is 0.394. The van der Waals surface area contributed by atoms with Gasteiger partial charge < -0.3 is 14.0 Å². The van der Waals surface area contributed by atoms with Crippen molar-refractivity contribution >= 4 is 23.0 Å². The lowest BCUT2D eigenvalue weighted by Crippen LogP contribution is -1.89. The fourth-order valence-electron chi connectivity index (χ4n) is 2.06. The Labute approximate surface area is 142 Å². The van der Waals surface area contributed by atoms with Gasteiger partial charge in [0.05, 0.1) is 19.1 Å². The normalized spacial score (nSPS) is 11.1. The van der Waals surface area contributed by atoms with Gasteiger partial charge >= 0.3 is 0 Å². The Morgan fingerprint density at radius 3 is 2.58 bits per heavy atom. The first-order valence-electron chi connectivity index (χ1n) is 6.96. The molecule has 0 amide bonds. The first kappa shape index (κ1) is 15.8. The summed E-state index contributed by atoms with van der Waals surface area (Å²) in [5.41, 5.74) is 0.999. The highest BCUT2D eigenvalue weighted by atomic mass is 32.1. The van der Waals surface area contributed by atoms with Crippen LogP contribution in [0, 0.1) is 11.3 Å². The molecule has 120 valence electrons. The van der Waals surface area contributed by atoms with Crippen molar-refractivity contribution in [3.05, 3.63) is 47.2 Å². The molecule has 0 saturated carbocycles. The second kappa shape index (κ2) is 6.98. The third-order valence-corrected chi connectivity index (χ3v) is 4.07. The number of hydrogen-bond donors (Lipinski definition) is 0. The molecular weight excluding hydrogens is 326 g/mol. The van der Waals surface area contributed by atoms with E-state index in [0.29, 0.717) is 17.3 Å². The van der Waals surface area contributed by atoms with Crippen LogP contribution in [0.25, 0.3) is 22.4 Å². The third-order valence-electron chi connectivity index (χ3n) is 3.20. The standard InChI is InChI=1S/C17H13N3O3S/c1-21-13-7-11(8-14(9-13)22-2)6-12(10-18)17-19-16(20-23-17)15-4-3-5-24-15/h3-9H,1-2H3/b12-6+. The highest BCUT2D eigenvalue weighted by Crippen LogP contribution is 2.27. The van der Waals surface area contributed by atoms with E-state index in [9.17, 15) is 5.26 Å². The van der Waals surface area contributed by atoms with Crippen LogP contribution in [0.15, 0.2) is 40.2 Å². The minimum absolute atomic E-state index is 0.169. The summed E-state index contributed by atoms with van der Waals surface area (Å²) in [7, 11) is 3.14. The van der Waals surface area contributed by atoms with Crippen LogP contribution < -0.4 is 9.47 Å². The van der Waals surface area contributed by atoms with E-state index in [4.69, 9.17) is 14.0 Å². The number of thiophene rings is 1. The van der Waals surface area contributed by atoms with Gasteiger partial charge in [-0.05, 0) is 35.2 Å². The first-order valence-corrected chi connectivity index (χ1v) is 7.84. The van der Waals surface area contributed by atoms with Gasteiger partial charge in [-0.2, -0.15) is 10.2 Å². The van der Waals surface area contributed by atoms with Crippen LogP contribution in [-0.4, -0.2) is 24.4 Å². The van der Waals surface area contributed by atoms with E-state index < -0.39 is 0 Å². The van der Waals surface area contributed by atoms with E-state index in [0.717, 1.165) is 10.4 Å². The van der Waals surface area contributed by atoms with Crippen LogP contribution in [-0.2, 0) is 0 Å². The second-order valence-corrected chi connectivity index (χ2v) is 5.66. The Hall–Kier alpha value is -3.11. The third kappa shape index (κ3) is 3.29. The Morgan fingerprint density at radius 2 is 2.00 bits per heavy atom. The molecule has 0 atom stereocenters. The van der Waals surface area contributed by atoms with E-state index >= 15 is 0 Å². The molecule has 2 heterocycles. The van der Waals surface area contributed by atoms with Crippen molar-refractivity contribution in [2.45, 2.75) is 0 Å². The van der Waals surface area contributed by atoms with Crippen molar-refractivity contribution in [3.63, 3.8) is 0 Å². The number of benzene rings is 1. The van der Waals surface area contributed by atoms with Gasteiger partial charge in [-0.3, -0.25) is 0 Å². The maximum absolute atomic E-state index is 9.43. The number of methoxy groups -OCH3 is 2. The van der Waals surface area contributed by atoms with Gasteiger partial charge in [0.2, 0.25) is 5.82 Å². The van der Waals surface area contributed by atoms with Gasteiger partial charge in [0, 0.05) is 6.07 Å². The van der Waals surface area contributed by atoms with Crippen LogP contribution in [0.3, 0.4) is 0 Å².